The molecule has 1 N–H and O–H groups in total. The highest BCUT2D eigenvalue weighted by Gasteiger charge is 2.24. The van der Waals surface area contributed by atoms with Gasteiger partial charge in [-0.05, 0) is 49.3 Å². The highest BCUT2D eigenvalue weighted by Crippen LogP contribution is 2.23. The Morgan fingerprint density at radius 3 is 2.83 bits per heavy atom. The van der Waals surface area contributed by atoms with Crippen molar-refractivity contribution in [1.29, 1.82) is 0 Å². The van der Waals surface area contributed by atoms with Crippen molar-refractivity contribution < 1.29 is 9.18 Å². The highest BCUT2D eigenvalue weighted by atomic mass is 19.1. The van der Waals surface area contributed by atoms with Gasteiger partial charge < -0.3 is 9.88 Å². The number of hydrogen-bond donors (Lipinski definition) is 1. The van der Waals surface area contributed by atoms with Crippen molar-refractivity contribution in [3.05, 3.63) is 69.9 Å². The number of aromatic amines is 1. The second-order valence-electron chi connectivity index (χ2n) is 6.33. The van der Waals surface area contributed by atoms with Crippen LogP contribution in [0.5, 0.6) is 0 Å². The van der Waals surface area contributed by atoms with E-state index in [0.717, 1.165) is 31.4 Å². The number of H-pyrrole nitrogens is 1. The van der Waals surface area contributed by atoms with Crippen molar-refractivity contribution in [2.75, 3.05) is 13.1 Å². The predicted molar refractivity (Wildman–Crippen MR) is 90.4 cm³/mol. The predicted octanol–water partition coefficient (Wildman–Crippen LogP) is 3.00. The minimum Gasteiger partial charge on any atom is -0.338 e. The van der Waals surface area contributed by atoms with E-state index in [4.69, 9.17) is 0 Å². The number of amides is 1. The molecule has 1 aliphatic heterocycles. The van der Waals surface area contributed by atoms with Gasteiger partial charge in [0.2, 0.25) is 5.56 Å². The number of hydrogen-bond acceptors (Lipinski definition) is 2. The molecule has 1 aromatic carbocycles. The van der Waals surface area contributed by atoms with E-state index in [0.29, 0.717) is 24.4 Å². The third kappa shape index (κ3) is 3.91. The number of halogens is 1. The Kier molecular flexibility index (Phi) is 5.08. The maximum Gasteiger partial charge on any atom is 0.255 e. The van der Waals surface area contributed by atoms with Crippen molar-refractivity contribution in [2.45, 2.75) is 25.7 Å². The third-order valence-corrected chi connectivity index (χ3v) is 4.62. The molecule has 2 heterocycles. The first-order valence-corrected chi connectivity index (χ1v) is 8.35. The molecule has 0 aliphatic carbocycles. The van der Waals surface area contributed by atoms with E-state index in [1.54, 1.807) is 12.1 Å². The molecule has 1 unspecified atom stereocenters. The second-order valence-corrected chi connectivity index (χ2v) is 6.33. The van der Waals surface area contributed by atoms with Crippen LogP contribution in [0.2, 0.25) is 0 Å². The molecule has 0 saturated carbocycles. The monoisotopic (exact) mass is 328 g/mol. The first-order valence-electron chi connectivity index (χ1n) is 8.35. The number of rotatable bonds is 4. The molecule has 1 aromatic heterocycles. The van der Waals surface area contributed by atoms with Gasteiger partial charge in [-0.1, -0.05) is 18.2 Å². The van der Waals surface area contributed by atoms with Gasteiger partial charge in [0.15, 0.2) is 0 Å². The maximum atomic E-state index is 13.7. The lowest BCUT2D eigenvalue weighted by Crippen LogP contribution is -2.40. The van der Waals surface area contributed by atoms with Crippen LogP contribution >= 0.6 is 0 Å². The van der Waals surface area contributed by atoms with Crippen LogP contribution in [-0.4, -0.2) is 28.9 Å². The molecular weight excluding hydrogens is 307 g/mol. The Balaban J connectivity index is 1.60. The fraction of sp³-hybridized carbons (Fsp3) is 0.368. The molecule has 3 rings (SSSR count). The minimum atomic E-state index is -0.215. The van der Waals surface area contributed by atoms with Crippen LogP contribution in [0.4, 0.5) is 4.39 Å². The molecule has 24 heavy (non-hydrogen) atoms. The number of benzene rings is 1. The van der Waals surface area contributed by atoms with E-state index in [9.17, 15) is 14.0 Å². The number of nitrogens with one attached hydrogen (secondary N) is 1. The molecule has 1 saturated heterocycles. The number of pyridine rings is 1. The van der Waals surface area contributed by atoms with Gasteiger partial charge >= 0.3 is 0 Å². The lowest BCUT2D eigenvalue weighted by atomic mass is 9.91. The topological polar surface area (TPSA) is 53.2 Å². The van der Waals surface area contributed by atoms with E-state index < -0.39 is 0 Å². The van der Waals surface area contributed by atoms with Crippen molar-refractivity contribution in [1.82, 2.24) is 9.88 Å². The normalized spacial score (nSPS) is 17.7. The lowest BCUT2D eigenvalue weighted by molar-refractivity contribution is 0.0667. The van der Waals surface area contributed by atoms with Crippen molar-refractivity contribution >= 4 is 5.91 Å². The zero-order valence-corrected chi connectivity index (χ0v) is 13.5. The van der Waals surface area contributed by atoms with Crippen LogP contribution in [0.25, 0.3) is 0 Å². The fourth-order valence-electron chi connectivity index (χ4n) is 3.27. The number of nitrogens with zero attached hydrogens (tertiary/aromatic N) is 1. The van der Waals surface area contributed by atoms with E-state index in [1.807, 2.05) is 17.0 Å². The smallest absolute Gasteiger partial charge is 0.255 e. The summed E-state index contributed by atoms with van der Waals surface area (Å²) in [6, 6.07) is 9.79. The fourth-order valence-corrected chi connectivity index (χ4v) is 3.27. The Morgan fingerprint density at radius 2 is 2.08 bits per heavy atom. The third-order valence-electron chi connectivity index (χ3n) is 4.62. The first kappa shape index (κ1) is 16.4. The quantitative estimate of drug-likeness (QED) is 0.938. The molecule has 4 nitrogen and oxygen atoms in total. The second kappa shape index (κ2) is 7.43. The average Bonchev–Trinajstić information content (AvgIpc) is 2.61. The van der Waals surface area contributed by atoms with E-state index >= 15 is 0 Å². The van der Waals surface area contributed by atoms with Crippen LogP contribution < -0.4 is 5.56 Å². The summed E-state index contributed by atoms with van der Waals surface area (Å²) >= 11 is 0. The Morgan fingerprint density at radius 1 is 1.25 bits per heavy atom. The Labute approximate surface area is 140 Å². The molecule has 1 fully saturated rings. The van der Waals surface area contributed by atoms with Gasteiger partial charge in [0.05, 0.1) is 5.56 Å². The van der Waals surface area contributed by atoms with Gasteiger partial charge in [0, 0.05) is 25.4 Å². The van der Waals surface area contributed by atoms with Crippen molar-refractivity contribution in [2.24, 2.45) is 5.92 Å². The zero-order valence-electron chi connectivity index (χ0n) is 13.5. The van der Waals surface area contributed by atoms with Gasteiger partial charge in [-0.25, -0.2) is 4.39 Å². The molecular formula is C19H21FN2O2. The molecule has 1 aliphatic rings. The highest BCUT2D eigenvalue weighted by molar-refractivity contribution is 5.93. The SMILES string of the molecule is O=C(c1ccc(=O)[nH]c1)N1CCCC(CCc2ccccc2F)C1. The van der Waals surface area contributed by atoms with Crippen molar-refractivity contribution in [3.63, 3.8) is 0 Å². The molecule has 0 radical (unpaired) electrons. The summed E-state index contributed by atoms with van der Waals surface area (Å²) in [6.07, 6.45) is 5.04. The summed E-state index contributed by atoms with van der Waals surface area (Å²) in [6.45, 7) is 1.42. The lowest BCUT2D eigenvalue weighted by Gasteiger charge is -2.33. The van der Waals surface area contributed by atoms with Crippen LogP contribution in [0.1, 0.15) is 35.2 Å². The number of aryl methyl sites for hydroxylation is 1. The minimum absolute atomic E-state index is 0.0539. The number of carbonyl (C=O) groups is 1. The molecule has 2 aromatic rings. The summed E-state index contributed by atoms with van der Waals surface area (Å²) in [4.78, 5) is 28.0. The van der Waals surface area contributed by atoms with E-state index in [-0.39, 0.29) is 17.3 Å². The number of piperidine rings is 1. The Bertz CT molecular complexity index is 751. The van der Waals surface area contributed by atoms with E-state index in [2.05, 4.69) is 4.98 Å². The van der Waals surface area contributed by atoms with Crippen LogP contribution in [0, 0.1) is 11.7 Å². The summed E-state index contributed by atoms with van der Waals surface area (Å²) in [5.74, 6) is 0.168. The number of carbonyl (C=O) groups excluding carboxylic acids is 1. The summed E-state index contributed by atoms with van der Waals surface area (Å²) in [5, 5.41) is 0. The van der Waals surface area contributed by atoms with Gasteiger partial charge in [0.1, 0.15) is 5.82 Å². The van der Waals surface area contributed by atoms with Gasteiger partial charge in [-0.3, -0.25) is 9.59 Å². The molecule has 0 spiro atoms. The van der Waals surface area contributed by atoms with Crippen molar-refractivity contribution in [3.8, 4) is 0 Å². The summed E-state index contributed by atoms with van der Waals surface area (Å²) in [7, 11) is 0. The molecule has 126 valence electrons. The number of likely N-dealkylation sites (tertiary alicyclic amines) is 1. The van der Waals surface area contributed by atoms with Crippen LogP contribution in [0.15, 0.2) is 47.4 Å². The zero-order chi connectivity index (χ0) is 16.9. The largest absolute Gasteiger partial charge is 0.338 e. The standard InChI is InChI=1S/C19H21FN2O2/c20-17-6-2-1-5-15(17)8-7-14-4-3-11-22(13-14)19(24)16-9-10-18(23)21-12-16/h1-2,5-6,9-10,12,14H,3-4,7-8,11,13H2,(H,21,23). The molecule has 1 atom stereocenters. The maximum absolute atomic E-state index is 13.7. The summed E-state index contributed by atoms with van der Waals surface area (Å²) in [5.41, 5.74) is 1.03. The molecule has 5 heteroatoms. The van der Waals surface area contributed by atoms with Crippen LogP contribution in [-0.2, 0) is 6.42 Å². The molecule has 1 amide bonds. The van der Waals surface area contributed by atoms with E-state index in [1.165, 1.54) is 18.3 Å². The average molecular weight is 328 g/mol. The first-order chi connectivity index (χ1) is 11.6. The van der Waals surface area contributed by atoms with Gasteiger partial charge in [-0.15, -0.1) is 0 Å². The van der Waals surface area contributed by atoms with Gasteiger partial charge in [-0.2, -0.15) is 0 Å². The summed E-state index contributed by atoms with van der Waals surface area (Å²) < 4.78 is 13.7. The van der Waals surface area contributed by atoms with Crippen LogP contribution in [0.3, 0.4) is 0 Å². The Hall–Kier alpha value is -2.43. The van der Waals surface area contributed by atoms with Gasteiger partial charge in [0.25, 0.3) is 5.91 Å². The molecule has 0 bridgehead atoms. The number of aromatic nitrogens is 1.